The van der Waals surface area contributed by atoms with Crippen molar-refractivity contribution < 1.29 is 4.74 Å². The standard InChI is InChI=1S/C20H25N5O/c21-10-3-5-14(13-19-24-15-6-1-2-7-16(15)25-19)23-17-9-12-26-18-8-4-11-22-20(17)18/h1-2,4,6-8,11,14,17,23H,3,5,9-10,12-13,21H2,(H,24,25)/t14?,17-/m0/s1. The van der Waals surface area contributed by atoms with Crippen molar-refractivity contribution in [1.82, 2.24) is 20.3 Å². The summed E-state index contributed by atoms with van der Waals surface area (Å²) < 4.78 is 5.73. The van der Waals surface area contributed by atoms with E-state index in [2.05, 4.69) is 21.4 Å². The molecule has 3 aromatic rings. The molecule has 0 bridgehead atoms. The molecule has 6 nitrogen and oxygen atoms in total. The summed E-state index contributed by atoms with van der Waals surface area (Å²) in [5.41, 5.74) is 8.85. The van der Waals surface area contributed by atoms with Gasteiger partial charge < -0.3 is 20.8 Å². The van der Waals surface area contributed by atoms with E-state index in [0.717, 1.165) is 54.0 Å². The van der Waals surface area contributed by atoms with Gasteiger partial charge in [-0.25, -0.2) is 4.98 Å². The number of H-pyrrole nitrogens is 1. The summed E-state index contributed by atoms with van der Waals surface area (Å²) in [5.74, 6) is 1.89. The van der Waals surface area contributed by atoms with E-state index in [4.69, 9.17) is 15.5 Å². The molecule has 1 aliphatic heterocycles. The Morgan fingerprint density at radius 3 is 3.08 bits per heavy atom. The monoisotopic (exact) mass is 351 g/mol. The average Bonchev–Trinajstić information content (AvgIpc) is 3.08. The highest BCUT2D eigenvalue weighted by molar-refractivity contribution is 5.74. The van der Waals surface area contributed by atoms with E-state index in [0.29, 0.717) is 13.2 Å². The minimum absolute atomic E-state index is 0.201. The van der Waals surface area contributed by atoms with Gasteiger partial charge in [-0.2, -0.15) is 0 Å². The van der Waals surface area contributed by atoms with E-state index in [1.807, 2.05) is 36.5 Å². The summed E-state index contributed by atoms with van der Waals surface area (Å²) in [4.78, 5) is 12.7. The predicted octanol–water partition coefficient (Wildman–Crippen LogP) is 2.72. The second kappa shape index (κ2) is 7.85. The highest BCUT2D eigenvalue weighted by Gasteiger charge is 2.25. The van der Waals surface area contributed by atoms with Crippen LogP contribution in [0, 0.1) is 0 Å². The lowest BCUT2D eigenvalue weighted by Crippen LogP contribution is -2.38. The Morgan fingerprint density at radius 1 is 1.27 bits per heavy atom. The molecule has 4 N–H and O–H groups in total. The zero-order valence-electron chi connectivity index (χ0n) is 14.8. The Morgan fingerprint density at radius 2 is 2.19 bits per heavy atom. The Kier molecular flexibility index (Phi) is 5.13. The molecule has 136 valence electrons. The molecule has 1 aliphatic rings. The van der Waals surface area contributed by atoms with Crippen LogP contribution in [0.4, 0.5) is 0 Å². The van der Waals surface area contributed by atoms with Crippen molar-refractivity contribution in [1.29, 1.82) is 0 Å². The number of aromatic amines is 1. The average molecular weight is 351 g/mol. The predicted molar refractivity (Wildman–Crippen MR) is 102 cm³/mol. The van der Waals surface area contributed by atoms with Gasteiger partial charge in [0.1, 0.15) is 11.6 Å². The molecule has 26 heavy (non-hydrogen) atoms. The van der Waals surface area contributed by atoms with Gasteiger partial charge in [0.05, 0.1) is 29.4 Å². The molecular weight excluding hydrogens is 326 g/mol. The first-order valence-electron chi connectivity index (χ1n) is 9.31. The fraction of sp³-hybridized carbons (Fsp3) is 0.400. The zero-order valence-corrected chi connectivity index (χ0v) is 14.8. The first kappa shape index (κ1) is 17.0. The van der Waals surface area contributed by atoms with Crippen molar-refractivity contribution in [3.63, 3.8) is 0 Å². The first-order chi connectivity index (χ1) is 12.8. The van der Waals surface area contributed by atoms with Gasteiger partial charge in [0.25, 0.3) is 0 Å². The lowest BCUT2D eigenvalue weighted by atomic mass is 10.0. The van der Waals surface area contributed by atoms with E-state index < -0.39 is 0 Å². The molecule has 0 spiro atoms. The second-order valence-corrected chi connectivity index (χ2v) is 6.78. The molecule has 0 amide bonds. The molecule has 0 saturated heterocycles. The summed E-state index contributed by atoms with van der Waals surface area (Å²) >= 11 is 0. The van der Waals surface area contributed by atoms with E-state index >= 15 is 0 Å². The topological polar surface area (TPSA) is 88.8 Å². The van der Waals surface area contributed by atoms with Crippen molar-refractivity contribution in [2.24, 2.45) is 5.73 Å². The largest absolute Gasteiger partial charge is 0.492 e. The number of aromatic nitrogens is 3. The summed E-state index contributed by atoms with van der Waals surface area (Å²) in [5, 5.41) is 3.78. The highest BCUT2D eigenvalue weighted by atomic mass is 16.5. The molecule has 0 radical (unpaired) electrons. The Balaban J connectivity index is 1.52. The molecule has 1 unspecified atom stereocenters. The first-order valence-corrected chi connectivity index (χ1v) is 9.31. The quantitative estimate of drug-likeness (QED) is 0.609. The van der Waals surface area contributed by atoms with Crippen LogP contribution in [0.2, 0.25) is 0 Å². The number of nitrogens with zero attached hydrogens (tertiary/aromatic N) is 2. The smallest absolute Gasteiger partial charge is 0.142 e. The van der Waals surface area contributed by atoms with Crippen LogP contribution < -0.4 is 15.8 Å². The molecule has 0 fully saturated rings. The van der Waals surface area contributed by atoms with Gasteiger partial charge >= 0.3 is 0 Å². The number of hydrogen-bond acceptors (Lipinski definition) is 5. The van der Waals surface area contributed by atoms with Crippen LogP contribution in [0.25, 0.3) is 11.0 Å². The van der Waals surface area contributed by atoms with Gasteiger partial charge in [0, 0.05) is 25.1 Å². The molecular formula is C20H25N5O. The van der Waals surface area contributed by atoms with Crippen LogP contribution in [0.5, 0.6) is 5.75 Å². The summed E-state index contributed by atoms with van der Waals surface area (Å²) in [6, 6.07) is 12.5. The highest BCUT2D eigenvalue weighted by Crippen LogP contribution is 2.30. The van der Waals surface area contributed by atoms with Gasteiger partial charge in [-0.1, -0.05) is 12.1 Å². The number of rotatable bonds is 7. The molecule has 0 saturated carbocycles. The van der Waals surface area contributed by atoms with E-state index in [1.54, 1.807) is 0 Å². The maximum absolute atomic E-state index is 5.76. The molecule has 1 aromatic carbocycles. The van der Waals surface area contributed by atoms with Crippen molar-refractivity contribution in [2.75, 3.05) is 13.2 Å². The van der Waals surface area contributed by atoms with Crippen molar-refractivity contribution in [2.45, 2.75) is 37.8 Å². The SMILES string of the molecule is NCCCC(Cc1nc2ccccc2[nH]1)N[C@H]1CCOc2cccnc21. The minimum atomic E-state index is 0.201. The number of nitrogens with one attached hydrogen (secondary N) is 2. The summed E-state index contributed by atoms with van der Waals surface area (Å²) in [7, 11) is 0. The number of nitrogens with two attached hydrogens (primary N) is 1. The number of benzene rings is 1. The number of ether oxygens (including phenoxy) is 1. The number of fused-ring (bicyclic) bond motifs is 2. The normalized spacial score (nSPS) is 17.7. The Hall–Kier alpha value is -2.44. The third kappa shape index (κ3) is 3.71. The third-order valence-electron chi connectivity index (χ3n) is 4.87. The van der Waals surface area contributed by atoms with E-state index in [1.165, 1.54) is 0 Å². The number of pyridine rings is 1. The Bertz CT molecular complexity index is 829. The maximum Gasteiger partial charge on any atom is 0.142 e. The Labute approximate surface area is 153 Å². The molecule has 0 aliphatic carbocycles. The van der Waals surface area contributed by atoms with Gasteiger partial charge in [0.15, 0.2) is 0 Å². The molecule has 2 atom stereocenters. The number of imidazole rings is 1. The van der Waals surface area contributed by atoms with Crippen LogP contribution in [0.1, 0.15) is 36.8 Å². The molecule has 4 rings (SSSR count). The third-order valence-corrected chi connectivity index (χ3v) is 4.87. The number of para-hydroxylation sites is 2. The van der Waals surface area contributed by atoms with Gasteiger partial charge in [0.2, 0.25) is 0 Å². The van der Waals surface area contributed by atoms with E-state index in [9.17, 15) is 0 Å². The fourth-order valence-electron chi connectivity index (χ4n) is 3.60. The summed E-state index contributed by atoms with van der Waals surface area (Å²) in [6.45, 7) is 1.41. The van der Waals surface area contributed by atoms with Crippen molar-refractivity contribution in [3.8, 4) is 5.75 Å². The van der Waals surface area contributed by atoms with Gasteiger partial charge in [-0.05, 0) is 43.7 Å². The lowest BCUT2D eigenvalue weighted by Gasteiger charge is -2.29. The van der Waals surface area contributed by atoms with Crippen LogP contribution >= 0.6 is 0 Å². The lowest BCUT2D eigenvalue weighted by molar-refractivity contribution is 0.236. The van der Waals surface area contributed by atoms with Crippen molar-refractivity contribution in [3.05, 3.63) is 54.1 Å². The van der Waals surface area contributed by atoms with Crippen LogP contribution in [-0.2, 0) is 6.42 Å². The van der Waals surface area contributed by atoms with Crippen LogP contribution in [-0.4, -0.2) is 34.1 Å². The van der Waals surface area contributed by atoms with Crippen LogP contribution in [0.3, 0.4) is 0 Å². The minimum Gasteiger partial charge on any atom is -0.492 e. The second-order valence-electron chi connectivity index (χ2n) is 6.78. The fourth-order valence-corrected chi connectivity index (χ4v) is 3.60. The zero-order chi connectivity index (χ0) is 17.8. The summed E-state index contributed by atoms with van der Waals surface area (Å²) in [6.07, 6.45) is 5.58. The molecule has 6 heteroatoms. The van der Waals surface area contributed by atoms with Crippen LogP contribution in [0.15, 0.2) is 42.6 Å². The van der Waals surface area contributed by atoms with Gasteiger partial charge in [-0.3, -0.25) is 4.98 Å². The molecule has 3 heterocycles. The maximum atomic E-state index is 5.76. The van der Waals surface area contributed by atoms with E-state index in [-0.39, 0.29) is 12.1 Å². The van der Waals surface area contributed by atoms with Gasteiger partial charge in [-0.15, -0.1) is 0 Å². The van der Waals surface area contributed by atoms with Crippen molar-refractivity contribution >= 4 is 11.0 Å². The number of hydrogen-bond donors (Lipinski definition) is 3. The molecule has 2 aromatic heterocycles.